The van der Waals surface area contributed by atoms with Gasteiger partial charge in [-0.2, -0.15) is 0 Å². The number of ether oxygens (including phenoxy) is 2. The average molecular weight is 328 g/mol. The fourth-order valence-electron chi connectivity index (χ4n) is 1.60. The number of benzene rings is 2. The molecule has 2 nitrogen and oxygen atoms in total. The summed E-state index contributed by atoms with van der Waals surface area (Å²) in [6, 6.07) is 13.6. The SMILES string of the molecule is COCOc1cc(-c2ccccc2Cl)ccc1Br. The summed E-state index contributed by atoms with van der Waals surface area (Å²) in [5.74, 6) is 0.731. The van der Waals surface area contributed by atoms with E-state index in [1.807, 2.05) is 42.5 Å². The van der Waals surface area contributed by atoms with Crippen molar-refractivity contribution in [3.05, 3.63) is 52.0 Å². The third kappa shape index (κ3) is 3.05. The molecule has 0 saturated heterocycles. The van der Waals surface area contributed by atoms with Gasteiger partial charge in [-0.15, -0.1) is 0 Å². The largest absolute Gasteiger partial charge is 0.466 e. The topological polar surface area (TPSA) is 18.5 Å². The van der Waals surface area contributed by atoms with E-state index in [1.54, 1.807) is 7.11 Å². The lowest BCUT2D eigenvalue weighted by Gasteiger charge is -2.10. The Hall–Kier alpha value is -1.03. The van der Waals surface area contributed by atoms with E-state index in [0.29, 0.717) is 0 Å². The van der Waals surface area contributed by atoms with Crippen LogP contribution in [0.4, 0.5) is 0 Å². The van der Waals surface area contributed by atoms with E-state index in [9.17, 15) is 0 Å². The number of halogens is 2. The van der Waals surface area contributed by atoms with Crippen molar-refractivity contribution in [3.8, 4) is 16.9 Å². The summed E-state index contributed by atoms with van der Waals surface area (Å²) in [7, 11) is 1.59. The molecule has 2 aromatic carbocycles. The van der Waals surface area contributed by atoms with Crippen LogP contribution in [0.1, 0.15) is 0 Å². The van der Waals surface area contributed by atoms with Crippen molar-refractivity contribution in [2.45, 2.75) is 0 Å². The van der Waals surface area contributed by atoms with Crippen molar-refractivity contribution in [2.75, 3.05) is 13.9 Å². The first-order valence-electron chi connectivity index (χ1n) is 5.38. The number of hydrogen-bond donors (Lipinski definition) is 0. The predicted molar refractivity (Wildman–Crippen MR) is 77.1 cm³/mol. The smallest absolute Gasteiger partial charge is 0.188 e. The van der Waals surface area contributed by atoms with E-state index in [-0.39, 0.29) is 6.79 Å². The van der Waals surface area contributed by atoms with E-state index < -0.39 is 0 Å². The number of methoxy groups -OCH3 is 1. The van der Waals surface area contributed by atoms with Crippen molar-refractivity contribution < 1.29 is 9.47 Å². The molecule has 0 aromatic heterocycles. The van der Waals surface area contributed by atoms with E-state index in [4.69, 9.17) is 21.1 Å². The van der Waals surface area contributed by atoms with Gasteiger partial charge in [-0.05, 0) is 39.7 Å². The summed E-state index contributed by atoms with van der Waals surface area (Å²) >= 11 is 9.62. The maximum atomic E-state index is 6.18. The molecule has 0 spiro atoms. The van der Waals surface area contributed by atoms with Crippen molar-refractivity contribution in [3.63, 3.8) is 0 Å². The molecule has 2 aromatic rings. The molecule has 0 radical (unpaired) electrons. The molecule has 0 atom stereocenters. The second-order valence-electron chi connectivity index (χ2n) is 3.68. The lowest BCUT2D eigenvalue weighted by atomic mass is 10.1. The molecule has 0 aliphatic carbocycles. The zero-order chi connectivity index (χ0) is 13.0. The third-order valence-corrected chi connectivity index (χ3v) is 3.43. The Morgan fingerprint density at radius 3 is 2.67 bits per heavy atom. The molecule has 0 aliphatic rings. The summed E-state index contributed by atoms with van der Waals surface area (Å²) in [4.78, 5) is 0. The first-order valence-corrected chi connectivity index (χ1v) is 6.55. The molecule has 0 heterocycles. The predicted octanol–water partition coefficient (Wildman–Crippen LogP) is 4.75. The van der Waals surface area contributed by atoms with Crippen molar-refractivity contribution in [1.29, 1.82) is 0 Å². The summed E-state index contributed by atoms with van der Waals surface area (Å²) in [6.07, 6.45) is 0. The van der Waals surface area contributed by atoms with Crippen LogP contribution in [0.15, 0.2) is 46.9 Å². The zero-order valence-electron chi connectivity index (χ0n) is 9.82. The summed E-state index contributed by atoms with van der Waals surface area (Å²) in [6.45, 7) is 0.213. The van der Waals surface area contributed by atoms with Crippen LogP contribution in [-0.4, -0.2) is 13.9 Å². The highest BCUT2D eigenvalue weighted by molar-refractivity contribution is 9.10. The molecule has 0 unspecified atom stereocenters. The van der Waals surface area contributed by atoms with Gasteiger partial charge in [0.2, 0.25) is 0 Å². The van der Waals surface area contributed by atoms with Crippen LogP contribution in [0.3, 0.4) is 0 Å². The van der Waals surface area contributed by atoms with Gasteiger partial charge >= 0.3 is 0 Å². The first kappa shape index (κ1) is 13.4. The maximum Gasteiger partial charge on any atom is 0.188 e. The highest BCUT2D eigenvalue weighted by Gasteiger charge is 2.07. The Labute approximate surface area is 120 Å². The zero-order valence-corrected chi connectivity index (χ0v) is 12.2. The molecule has 0 fully saturated rings. The maximum absolute atomic E-state index is 6.18. The van der Waals surface area contributed by atoms with Gasteiger partial charge in [-0.3, -0.25) is 0 Å². The average Bonchev–Trinajstić information content (AvgIpc) is 2.39. The Morgan fingerprint density at radius 2 is 1.94 bits per heavy atom. The van der Waals surface area contributed by atoms with E-state index in [0.717, 1.165) is 26.4 Å². The molecule has 0 bridgehead atoms. The Morgan fingerprint density at radius 1 is 1.17 bits per heavy atom. The van der Waals surface area contributed by atoms with Gasteiger partial charge in [-0.1, -0.05) is 35.9 Å². The minimum absolute atomic E-state index is 0.213. The van der Waals surface area contributed by atoms with Crippen LogP contribution in [-0.2, 0) is 4.74 Å². The minimum atomic E-state index is 0.213. The highest BCUT2D eigenvalue weighted by Crippen LogP contribution is 2.33. The molecule has 4 heteroatoms. The fourth-order valence-corrected chi connectivity index (χ4v) is 2.21. The van der Waals surface area contributed by atoms with Crippen LogP contribution in [0.5, 0.6) is 5.75 Å². The van der Waals surface area contributed by atoms with Crippen LogP contribution >= 0.6 is 27.5 Å². The van der Waals surface area contributed by atoms with Gasteiger partial charge in [0, 0.05) is 17.7 Å². The number of rotatable bonds is 4. The van der Waals surface area contributed by atoms with Crippen LogP contribution < -0.4 is 4.74 Å². The molecule has 0 aliphatic heterocycles. The molecule has 0 N–H and O–H groups in total. The van der Waals surface area contributed by atoms with E-state index >= 15 is 0 Å². The summed E-state index contributed by atoms with van der Waals surface area (Å²) in [5, 5.41) is 0.720. The van der Waals surface area contributed by atoms with Crippen molar-refractivity contribution in [2.24, 2.45) is 0 Å². The summed E-state index contributed by atoms with van der Waals surface area (Å²) < 4.78 is 11.3. The molecule has 0 saturated carbocycles. The normalized spacial score (nSPS) is 10.4. The van der Waals surface area contributed by atoms with Gasteiger partial charge in [0.05, 0.1) is 4.47 Å². The third-order valence-electron chi connectivity index (χ3n) is 2.45. The van der Waals surface area contributed by atoms with Crippen LogP contribution in [0.2, 0.25) is 5.02 Å². The van der Waals surface area contributed by atoms with Gasteiger partial charge in [0.25, 0.3) is 0 Å². The van der Waals surface area contributed by atoms with Gasteiger partial charge in [0.15, 0.2) is 6.79 Å². The van der Waals surface area contributed by atoms with Gasteiger partial charge < -0.3 is 9.47 Å². The lowest BCUT2D eigenvalue weighted by Crippen LogP contribution is -1.99. The molecule has 2 rings (SSSR count). The van der Waals surface area contributed by atoms with E-state index in [1.165, 1.54) is 0 Å². The first-order chi connectivity index (χ1) is 8.72. The Balaban J connectivity index is 2.38. The highest BCUT2D eigenvalue weighted by atomic mass is 79.9. The Bertz CT molecular complexity index is 543. The summed E-state index contributed by atoms with van der Waals surface area (Å²) in [5.41, 5.74) is 1.99. The quantitative estimate of drug-likeness (QED) is 0.754. The van der Waals surface area contributed by atoms with Crippen LogP contribution in [0.25, 0.3) is 11.1 Å². The minimum Gasteiger partial charge on any atom is -0.466 e. The molecule has 94 valence electrons. The lowest BCUT2D eigenvalue weighted by molar-refractivity contribution is 0.0506. The monoisotopic (exact) mass is 326 g/mol. The Kier molecular flexibility index (Phi) is 4.64. The standard InChI is InChI=1S/C14H12BrClO2/c1-17-9-18-14-8-10(6-7-12(14)15)11-4-2-3-5-13(11)16/h2-8H,9H2,1H3. The molecule has 0 amide bonds. The van der Waals surface area contributed by atoms with E-state index in [2.05, 4.69) is 15.9 Å². The van der Waals surface area contributed by atoms with Crippen LogP contribution in [0, 0.1) is 0 Å². The fraction of sp³-hybridized carbons (Fsp3) is 0.143. The van der Waals surface area contributed by atoms with Crippen molar-refractivity contribution >= 4 is 27.5 Å². The molecule has 18 heavy (non-hydrogen) atoms. The molecular formula is C14H12BrClO2. The molecular weight excluding hydrogens is 316 g/mol. The van der Waals surface area contributed by atoms with Gasteiger partial charge in [0.1, 0.15) is 5.75 Å². The second kappa shape index (κ2) is 6.23. The second-order valence-corrected chi connectivity index (χ2v) is 4.94. The number of hydrogen-bond acceptors (Lipinski definition) is 2. The van der Waals surface area contributed by atoms with Crippen molar-refractivity contribution in [1.82, 2.24) is 0 Å². The van der Waals surface area contributed by atoms with Gasteiger partial charge in [-0.25, -0.2) is 0 Å².